The maximum absolute atomic E-state index is 5.54. The highest BCUT2D eigenvalue weighted by Gasteiger charge is 2.34. The molecule has 1 heterocycles. The van der Waals surface area contributed by atoms with Gasteiger partial charge in [-0.3, -0.25) is 0 Å². The Morgan fingerprint density at radius 2 is 2.50 bits per heavy atom. The number of nitrogens with two attached hydrogens (primary N) is 1. The van der Waals surface area contributed by atoms with Crippen LogP contribution in [0.2, 0.25) is 0 Å². The van der Waals surface area contributed by atoms with E-state index in [1.165, 1.54) is 0 Å². The molecule has 0 aliphatic carbocycles. The fourth-order valence-corrected chi connectivity index (χ4v) is 1.15. The van der Waals surface area contributed by atoms with E-state index < -0.39 is 0 Å². The van der Waals surface area contributed by atoms with Crippen LogP contribution in [0.3, 0.4) is 0 Å². The second kappa shape index (κ2) is 2.58. The summed E-state index contributed by atoms with van der Waals surface area (Å²) in [6.45, 7) is 4.60. The van der Waals surface area contributed by atoms with Crippen molar-refractivity contribution in [3.63, 3.8) is 0 Å². The molecule has 1 unspecified atom stereocenters. The third kappa shape index (κ3) is 1.14. The summed E-state index contributed by atoms with van der Waals surface area (Å²) in [5.41, 5.74) is 6.42. The molecule has 0 bridgehead atoms. The van der Waals surface area contributed by atoms with Gasteiger partial charge in [-0.25, -0.2) is 0 Å². The van der Waals surface area contributed by atoms with Crippen molar-refractivity contribution in [1.29, 1.82) is 0 Å². The zero-order chi connectivity index (χ0) is 7.61. The van der Waals surface area contributed by atoms with E-state index in [4.69, 9.17) is 10.6 Å². The zero-order valence-corrected chi connectivity index (χ0v) is 6.55. The molecule has 1 aliphatic heterocycles. The fraction of sp³-hybridized carbons (Fsp3) is 0.857. The molecule has 0 saturated carbocycles. The summed E-state index contributed by atoms with van der Waals surface area (Å²) in [5.74, 6) is 0. The summed E-state index contributed by atoms with van der Waals surface area (Å²) in [4.78, 5) is 5.21. The van der Waals surface area contributed by atoms with E-state index >= 15 is 0 Å². The van der Waals surface area contributed by atoms with Crippen LogP contribution in [0, 0.1) is 0 Å². The predicted molar refractivity (Wildman–Crippen MR) is 40.9 cm³/mol. The van der Waals surface area contributed by atoms with Gasteiger partial charge in [0, 0.05) is 13.0 Å². The van der Waals surface area contributed by atoms with Crippen LogP contribution in [0.4, 0.5) is 0 Å². The lowest BCUT2D eigenvalue weighted by Gasteiger charge is -2.22. The molecule has 1 rings (SSSR count). The third-order valence-corrected chi connectivity index (χ3v) is 1.99. The molecule has 3 heteroatoms. The van der Waals surface area contributed by atoms with E-state index in [0.717, 1.165) is 18.6 Å². The lowest BCUT2D eigenvalue weighted by atomic mass is 9.95. The normalized spacial score (nSPS) is 31.7. The first-order valence-corrected chi connectivity index (χ1v) is 3.64. The maximum atomic E-state index is 5.54. The molecular formula is C7H14N2O. The number of nitrogens with zero attached hydrogens (tertiary/aromatic N) is 1. The number of oxime groups is 1. The molecule has 0 saturated heterocycles. The van der Waals surface area contributed by atoms with Crippen LogP contribution >= 0.6 is 0 Å². The summed E-state index contributed by atoms with van der Waals surface area (Å²) in [5, 5.41) is 3.87. The van der Waals surface area contributed by atoms with Crippen LogP contribution in [0.15, 0.2) is 5.16 Å². The molecule has 0 fully saturated rings. The smallest absolute Gasteiger partial charge is 0.154 e. The summed E-state index contributed by atoms with van der Waals surface area (Å²) < 4.78 is 0. The van der Waals surface area contributed by atoms with Crippen LogP contribution in [0.1, 0.15) is 26.7 Å². The van der Waals surface area contributed by atoms with Crippen molar-refractivity contribution < 1.29 is 4.84 Å². The van der Waals surface area contributed by atoms with Gasteiger partial charge in [-0.2, -0.15) is 0 Å². The van der Waals surface area contributed by atoms with Gasteiger partial charge >= 0.3 is 0 Å². The number of hydrogen-bond acceptors (Lipinski definition) is 3. The van der Waals surface area contributed by atoms with Gasteiger partial charge < -0.3 is 10.6 Å². The largest absolute Gasteiger partial charge is 0.388 e. The SMILES string of the molecule is CCC1(CN)CC(C)=NO1. The zero-order valence-electron chi connectivity index (χ0n) is 6.55. The number of rotatable bonds is 2. The van der Waals surface area contributed by atoms with E-state index in [1.54, 1.807) is 0 Å². The summed E-state index contributed by atoms with van der Waals surface area (Å²) in [6, 6.07) is 0. The van der Waals surface area contributed by atoms with Gasteiger partial charge in [-0.05, 0) is 13.3 Å². The quantitative estimate of drug-likeness (QED) is 0.622. The predicted octanol–water partition coefficient (Wildman–Crippen LogP) is 0.890. The minimum absolute atomic E-state index is 0.177. The van der Waals surface area contributed by atoms with Crippen molar-refractivity contribution >= 4 is 5.71 Å². The Bertz CT molecular complexity index is 150. The highest BCUT2D eigenvalue weighted by atomic mass is 16.7. The van der Waals surface area contributed by atoms with Crippen molar-refractivity contribution in [2.45, 2.75) is 32.3 Å². The van der Waals surface area contributed by atoms with Crippen molar-refractivity contribution in [2.24, 2.45) is 10.9 Å². The van der Waals surface area contributed by atoms with E-state index in [2.05, 4.69) is 12.1 Å². The van der Waals surface area contributed by atoms with Crippen LogP contribution in [0.5, 0.6) is 0 Å². The van der Waals surface area contributed by atoms with Crippen LogP contribution in [-0.4, -0.2) is 17.9 Å². The van der Waals surface area contributed by atoms with Gasteiger partial charge in [-0.15, -0.1) is 0 Å². The Labute approximate surface area is 61.2 Å². The summed E-state index contributed by atoms with van der Waals surface area (Å²) in [7, 11) is 0. The Morgan fingerprint density at radius 1 is 1.80 bits per heavy atom. The first-order valence-electron chi connectivity index (χ1n) is 3.64. The van der Waals surface area contributed by atoms with Gasteiger partial charge in [0.1, 0.15) is 0 Å². The van der Waals surface area contributed by atoms with Crippen LogP contribution in [-0.2, 0) is 4.84 Å². The standard InChI is InChI=1S/C7H14N2O/c1-3-7(5-8)4-6(2)9-10-7/h3-5,8H2,1-2H3. The Morgan fingerprint density at radius 3 is 2.70 bits per heavy atom. The third-order valence-electron chi connectivity index (χ3n) is 1.99. The molecule has 0 aromatic carbocycles. The molecule has 3 nitrogen and oxygen atoms in total. The van der Waals surface area contributed by atoms with E-state index in [9.17, 15) is 0 Å². The van der Waals surface area contributed by atoms with E-state index in [1.807, 2.05) is 6.92 Å². The molecule has 1 aliphatic rings. The molecule has 0 radical (unpaired) electrons. The molecule has 0 aromatic heterocycles. The molecule has 0 aromatic rings. The number of hydrogen-bond donors (Lipinski definition) is 1. The first kappa shape index (κ1) is 7.54. The fourth-order valence-electron chi connectivity index (χ4n) is 1.15. The second-order valence-corrected chi connectivity index (χ2v) is 2.84. The Balaban J connectivity index is 2.57. The van der Waals surface area contributed by atoms with Gasteiger partial charge in [0.05, 0.1) is 5.71 Å². The lowest BCUT2D eigenvalue weighted by molar-refractivity contribution is -0.0140. The monoisotopic (exact) mass is 142 g/mol. The van der Waals surface area contributed by atoms with E-state index in [-0.39, 0.29) is 5.60 Å². The van der Waals surface area contributed by atoms with Crippen molar-refractivity contribution in [2.75, 3.05) is 6.54 Å². The molecule has 58 valence electrons. The van der Waals surface area contributed by atoms with Crippen molar-refractivity contribution in [1.82, 2.24) is 0 Å². The van der Waals surface area contributed by atoms with Crippen molar-refractivity contribution in [3.05, 3.63) is 0 Å². The molecule has 10 heavy (non-hydrogen) atoms. The van der Waals surface area contributed by atoms with Crippen LogP contribution < -0.4 is 5.73 Å². The average Bonchev–Trinajstić information content (AvgIpc) is 2.33. The highest BCUT2D eigenvalue weighted by molar-refractivity contribution is 5.83. The minimum atomic E-state index is -0.177. The topological polar surface area (TPSA) is 47.6 Å². The van der Waals surface area contributed by atoms with Gasteiger partial charge in [0.2, 0.25) is 0 Å². The molecule has 0 spiro atoms. The first-order chi connectivity index (χ1) is 4.72. The minimum Gasteiger partial charge on any atom is -0.388 e. The Hall–Kier alpha value is -0.570. The molecule has 2 N–H and O–H groups in total. The average molecular weight is 142 g/mol. The lowest BCUT2D eigenvalue weighted by Crippen LogP contribution is -2.37. The molecule has 0 amide bonds. The van der Waals surface area contributed by atoms with Crippen LogP contribution in [0.25, 0.3) is 0 Å². The van der Waals surface area contributed by atoms with Gasteiger partial charge in [-0.1, -0.05) is 12.1 Å². The summed E-state index contributed by atoms with van der Waals surface area (Å²) >= 11 is 0. The van der Waals surface area contributed by atoms with Gasteiger partial charge in [0.25, 0.3) is 0 Å². The maximum Gasteiger partial charge on any atom is 0.154 e. The molecular weight excluding hydrogens is 128 g/mol. The molecule has 1 atom stereocenters. The van der Waals surface area contributed by atoms with Crippen molar-refractivity contribution in [3.8, 4) is 0 Å². The van der Waals surface area contributed by atoms with E-state index in [0.29, 0.717) is 6.54 Å². The highest BCUT2D eigenvalue weighted by Crippen LogP contribution is 2.25. The second-order valence-electron chi connectivity index (χ2n) is 2.84. The Kier molecular flexibility index (Phi) is 1.94. The van der Waals surface area contributed by atoms with Gasteiger partial charge in [0.15, 0.2) is 5.60 Å². The summed E-state index contributed by atoms with van der Waals surface area (Å²) in [6.07, 6.45) is 1.82.